The minimum Gasteiger partial charge on any atom is -0.469 e. The fourth-order valence-corrected chi connectivity index (χ4v) is 1.35. The Kier molecular flexibility index (Phi) is 2.17. The molecule has 0 saturated heterocycles. The summed E-state index contributed by atoms with van der Waals surface area (Å²) in [5.74, 6) is 1.04. The number of furan rings is 1. The third kappa shape index (κ3) is 1.64. The van der Waals surface area contributed by atoms with E-state index < -0.39 is 0 Å². The summed E-state index contributed by atoms with van der Waals surface area (Å²) in [5, 5.41) is 0. The van der Waals surface area contributed by atoms with E-state index in [2.05, 4.69) is 25.1 Å². The lowest BCUT2D eigenvalue weighted by Crippen LogP contribution is -1.72. The first-order chi connectivity index (χ1) is 6.40. The number of benzene rings is 1. The zero-order chi connectivity index (χ0) is 9.10. The molecule has 2 rings (SSSR count). The van der Waals surface area contributed by atoms with Crippen LogP contribution in [0.2, 0.25) is 0 Å². The lowest BCUT2D eigenvalue weighted by atomic mass is 10.1. The van der Waals surface area contributed by atoms with E-state index in [0.717, 1.165) is 17.7 Å². The molecule has 0 aliphatic heterocycles. The molecule has 0 spiro atoms. The lowest BCUT2D eigenvalue weighted by molar-refractivity contribution is 0.516. The predicted octanol–water partition coefficient (Wildman–Crippen LogP) is 3.51. The third-order valence-electron chi connectivity index (χ3n) is 2.11. The van der Waals surface area contributed by atoms with E-state index in [-0.39, 0.29) is 0 Å². The standard InChI is InChI=1S/C12H12O/c1-2-12-8-11(9-13-12)10-6-4-3-5-7-10/h3-9H,2H2,1H3. The number of rotatable bonds is 2. The predicted molar refractivity (Wildman–Crippen MR) is 53.5 cm³/mol. The van der Waals surface area contributed by atoms with Gasteiger partial charge in [0.1, 0.15) is 5.76 Å². The summed E-state index contributed by atoms with van der Waals surface area (Å²) < 4.78 is 5.37. The Morgan fingerprint density at radius 1 is 1.08 bits per heavy atom. The minimum absolute atomic E-state index is 0.951. The second kappa shape index (κ2) is 3.48. The molecule has 1 aromatic heterocycles. The molecule has 0 aliphatic rings. The van der Waals surface area contributed by atoms with Gasteiger partial charge in [0, 0.05) is 12.0 Å². The molecule has 1 nitrogen and oxygen atoms in total. The summed E-state index contributed by atoms with van der Waals surface area (Å²) >= 11 is 0. The van der Waals surface area contributed by atoms with Gasteiger partial charge in [-0.15, -0.1) is 0 Å². The molecule has 1 heteroatoms. The van der Waals surface area contributed by atoms with E-state index in [9.17, 15) is 0 Å². The molecule has 0 radical (unpaired) electrons. The van der Waals surface area contributed by atoms with Crippen LogP contribution in [-0.2, 0) is 6.42 Å². The maximum Gasteiger partial charge on any atom is 0.104 e. The van der Waals surface area contributed by atoms with Crippen LogP contribution in [0.25, 0.3) is 11.1 Å². The van der Waals surface area contributed by atoms with E-state index in [1.165, 1.54) is 5.56 Å². The van der Waals surface area contributed by atoms with Gasteiger partial charge in [0.05, 0.1) is 6.26 Å². The van der Waals surface area contributed by atoms with Crippen molar-refractivity contribution < 1.29 is 4.42 Å². The van der Waals surface area contributed by atoms with E-state index in [1.54, 1.807) is 0 Å². The van der Waals surface area contributed by atoms with Crippen molar-refractivity contribution >= 4 is 0 Å². The summed E-state index contributed by atoms with van der Waals surface area (Å²) in [6, 6.07) is 12.4. The van der Waals surface area contributed by atoms with Crippen molar-refractivity contribution in [1.29, 1.82) is 0 Å². The third-order valence-corrected chi connectivity index (χ3v) is 2.11. The lowest BCUT2D eigenvalue weighted by Gasteiger charge is -1.92. The van der Waals surface area contributed by atoms with Crippen molar-refractivity contribution in [3.05, 3.63) is 48.4 Å². The molecular formula is C12H12O. The topological polar surface area (TPSA) is 13.1 Å². The zero-order valence-corrected chi connectivity index (χ0v) is 7.66. The Labute approximate surface area is 78.0 Å². The van der Waals surface area contributed by atoms with Crippen LogP contribution in [0, 0.1) is 0 Å². The van der Waals surface area contributed by atoms with Crippen LogP contribution in [0.1, 0.15) is 12.7 Å². The smallest absolute Gasteiger partial charge is 0.104 e. The molecule has 1 heterocycles. The van der Waals surface area contributed by atoms with E-state index in [4.69, 9.17) is 4.42 Å². The Morgan fingerprint density at radius 2 is 1.85 bits per heavy atom. The molecular weight excluding hydrogens is 160 g/mol. The Morgan fingerprint density at radius 3 is 2.46 bits per heavy atom. The zero-order valence-electron chi connectivity index (χ0n) is 7.66. The second-order valence-electron chi connectivity index (χ2n) is 3.02. The van der Waals surface area contributed by atoms with Crippen LogP contribution in [0.15, 0.2) is 47.1 Å². The highest BCUT2D eigenvalue weighted by molar-refractivity contribution is 5.62. The second-order valence-corrected chi connectivity index (χ2v) is 3.02. The first kappa shape index (κ1) is 8.11. The molecule has 66 valence electrons. The molecule has 0 fully saturated rings. The quantitative estimate of drug-likeness (QED) is 0.675. The van der Waals surface area contributed by atoms with Gasteiger partial charge < -0.3 is 4.42 Å². The van der Waals surface area contributed by atoms with Crippen LogP contribution >= 0.6 is 0 Å². The van der Waals surface area contributed by atoms with Crippen molar-refractivity contribution in [1.82, 2.24) is 0 Å². The molecule has 0 aliphatic carbocycles. The monoisotopic (exact) mass is 172 g/mol. The van der Waals surface area contributed by atoms with Crippen molar-refractivity contribution in [2.75, 3.05) is 0 Å². The molecule has 0 amide bonds. The van der Waals surface area contributed by atoms with Crippen LogP contribution in [0.5, 0.6) is 0 Å². The van der Waals surface area contributed by atoms with Crippen molar-refractivity contribution in [3.8, 4) is 11.1 Å². The van der Waals surface area contributed by atoms with Gasteiger partial charge in [-0.05, 0) is 11.6 Å². The minimum atomic E-state index is 0.951. The average Bonchev–Trinajstić information content (AvgIpc) is 2.67. The maximum absolute atomic E-state index is 5.37. The highest BCUT2D eigenvalue weighted by atomic mass is 16.3. The molecule has 0 N–H and O–H groups in total. The summed E-state index contributed by atoms with van der Waals surface area (Å²) in [7, 11) is 0. The van der Waals surface area contributed by atoms with Crippen molar-refractivity contribution in [2.45, 2.75) is 13.3 Å². The van der Waals surface area contributed by atoms with Gasteiger partial charge in [-0.3, -0.25) is 0 Å². The van der Waals surface area contributed by atoms with E-state index >= 15 is 0 Å². The molecule has 13 heavy (non-hydrogen) atoms. The first-order valence-electron chi connectivity index (χ1n) is 4.53. The largest absolute Gasteiger partial charge is 0.469 e. The summed E-state index contributed by atoms with van der Waals surface area (Å²) in [6.45, 7) is 2.09. The highest BCUT2D eigenvalue weighted by Crippen LogP contribution is 2.21. The van der Waals surface area contributed by atoms with Crippen LogP contribution in [0.3, 0.4) is 0 Å². The molecule has 0 bridgehead atoms. The van der Waals surface area contributed by atoms with Crippen LogP contribution < -0.4 is 0 Å². The summed E-state index contributed by atoms with van der Waals surface area (Å²) in [4.78, 5) is 0. The normalized spacial score (nSPS) is 10.2. The summed E-state index contributed by atoms with van der Waals surface area (Å²) in [5.41, 5.74) is 2.38. The van der Waals surface area contributed by atoms with Gasteiger partial charge in [0.15, 0.2) is 0 Å². The number of hydrogen-bond acceptors (Lipinski definition) is 1. The van der Waals surface area contributed by atoms with Crippen LogP contribution in [-0.4, -0.2) is 0 Å². The van der Waals surface area contributed by atoms with Gasteiger partial charge in [0.25, 0.3) is 0 Å². The van der Waals surface area contributed by atoms with Gasteiger partial charge in [-0.2, -0.15) is 0 Å². The fraction of sp³-hybridized carbons (Fsp3) is 0.167. The number of aryl methyl sites for hydroxylation is 1. The van der Waals surface area contributed by atoms with Gasteiger partial charge in [0.2, 0.25) is 0 Å². The summed E-state index contributed by atoms with van der Waals surface area (Å²) in [6.07, 6.45) is 2.76. The van der Waals surface area contributed by atoms with E-state index in [1.807, 2.05) is 24.5 Å². The molecule has 2 aromatic rings. The van der Waals surface area contributed by atoms with Crippen molar-refractivity contribution in [3.63, 3.8) is 0 Å². The highest BCUT2D eigenvalue weighted by Gasteiger charge is 2.00. The first-order valence-corrected chi connectivity index (χ1v) is 4.53. The Bertz CT molecular complexity index is 373. The van der Waals surface area contributed by atoms with Gasteiger partial charge in [-0.1, -0.05) is 37.3 Å². The Hall–Kier alpha value is -1.50. The number of hydrogen-bond donors (Lipinski definition) is 0. The van der Waals surface area contributed by atoms with E-state index in [0.29, 0.717) is 0 Å². The average molecular weight is 172 g/mol. The van der Waals surface area contributed by atoms with Gasteiger partial charge in [-0.25, -0.2) is 0 Å². The maximum atomic E-state index is 5.37. The molecule has 0 unspecified atom stereocenters. The molecule has 1 aromatic carbocycles. The molecule has 0 saturated carbocycles. The van der Waals surface area contributed by atoms with Crippen LogP contribution in [0.4, 0.5) is 0 Å². The van der Waals surface area contributed by atoms with Crippen molar-refractivity contribution in [2.24, 2.45) is 0 Å². The fourth-order valence-electron chi connectivity index (χ4n) is 1.35. The SMILES string of the molecule is CCc1cc(-c2ccccc2)co1. The molecule has 0 atom stereocenters. The Balaban J connectivity index is 2.36. The van der Waals surface area contributed by atoms with Gasteiger partial charge >= 0.3 is 0 Å².